The van der Waals surface area contributed by atoms with Gasteiger partial charge in [-0.1, -0.05) is 87.5 Å². The minimum atomic E-state index is -2.22. The monoisotopic (exact) mass is 815 g/mol. The van der Waals surface area contributed by atoms with E-state index in [1.54, 1.807) is 12.1 Å². The zero-order valence-corrected chi connectivity index (χ0v) is 35.8. The van der Waals surface area contributed by atoms with E-state index in [0.29, 0.717) is 31.7 Å². The number of para-hydroxylation sites is 1. The molecule has 1 fully saturated rings. The molecular weight excluding hydrogens is 759 g/mol. The molecule has 1 saturated heterocycles. The maximum Gasteiger partial charge on any atom is 0.411 e. The molecule has 0 bridgehead atoms. The van der Waals surface area contributed by atoms with E-state index in [1.807, 2.05) is 77.7 Å². The number of ether oxygens (including phenoxy) is 1. The summed E-state index contributed by atoms with van der Waals surface area (Å²) in [6.07, 6.45) is 1.38. The van der Waals surface area contributed by atoms with Crippen molar-refractivity contribution in [3.8, 4) is 16.9 Å². The number of piperidine rings is 1. The first-order valence-corrected chi connectivity index (χ1v) is 23.7. The third kappa shape index (κ3) is 9.96. The maximum atomic E-state index is 13.6. The summed E-state index contributed by atoms with van der Waals surface area (Å²) in [6, 6.07) is 30.6. The molecule has 0 unspecified atom stereocenters. The Labute approximate surface area is 347 Å². The van der Waals surface area contributed by atoms with Gasteiger partial charge in [-0.3, -0.25) is 14.9 Å². The number of phenolic OH excluding ortho intramolecular Hbond substituents is 1. The standard InChI is InChI=1S/C47H57N5O6Si/c1-47(2,3)59(4,5)58-42(38-17-19-41(53)44-39(38)18-20-43(54)50-44)31-48-30-32-15-16-37-34(29-32)21-26-52(45(37)55)28-27-51-24-22-35(23-25-51)57-46(56)49-40-14-10-9-13-36(40)33-11-7-6-8-12-33/h6-20,29,35,42,48,53H,21-28,30-31H2,1-5H3,(H,49,56)(H,50,54)/t42-/m0/s1. The lowest BCUT2D eigenvalue weighted by Crippen LogP contribution is -2.45. The van der Waals surface area contributed by atoms with E-state index in [-0.39, 0.29) is 34.5 Å². The molecule has 4 N–H and O–H groups in total. The smallest absolute Gasteiger partial charge is 0.411 e. The van der Waals surface area contributed by atoms with Crippen molar-refractivity contribution in [2.24, 2.45) is 0 Å². The average molecular weight is 816 g/mol. The van der Waals surface area contributed by atoms with Crippen LogP contribution in [0.4, 0.5) is 10.5 Å². The molecule has 11 nitrogen and oxygen atoms in total. The van der Waals surface area contributed by atoms with Crippen LogP contribution in [0.3, 0.4) is 0 Å². The van der Waals surface area contributed by atoms with Gasteiger partial charge in [0.15, 0.2) is 8.32 Å². The number of hydrogen-bond acceptors (Lipinski definition) is 8. The lowest BCUT2D eigenvalue weighted by atomic mass is 9.96. The topological polar surface area (TPSA) is 136 Å². The zero-order valence-electron chi connectivity index (χ0n) is 34.8. The van der Waals surface area contributed by atoms with Crippen molar-refractivity contribution >= 4 is 36.9 Å². The van der Waals surface area contributed by atoms with E-state index in [1.165, 1.54) is 6.07 Å². The number of aromatic hydroxyl groups is 1. The molecule has 310 valence electrons. The van der Waals surface area contributed by atoms with Gasteiger partial charge in [0.25, 0.3) is 5.91 Å². The second kappa shape index (κ2) is 17.9. The summed E-state index contributed by atoms with van der Waals surface area (Å²) in [6.45, 7) is 15.9. The number of anilines is 1. The van der Waals surface area contributed by atoms with Crippen LogP contribution in [0, 0.1) is 0 Å². The molecule has 3 heterocycles. The van der Waals surface area contributed by atoms with Crippen LogP contribution in [0.2, 0.25) is 18.1 Å². The molecule has 0 saturated carbocycles. The predicted octanol–water partition coefficient (Wildman–Crippen LogP) is 8.46. The van der Waals surface area contributed by atoms with Crippen LogP contribution < -0.4 is 16.2 Å². The summed E-state index contributed by atoms with van der Waals surface area (Å²) >= 11 is 0. The number of phenols is 1. The fourth-order valence-electron chi connectivity index (χ4n) is 7.81. The van der Waals surface area contributed by atoms with E-state index in [0.717, 1.165) is 83.4 Å². The Morgan fingerprint density at radius 1 is 0.898 bits per heavy atom. The maximum absolute atomic E-state index is 13.6. The second-order valence-electron chi connectivity index (χ2n) is 17.3. The predicted molar refractivity (Wildman–Crippen MR) is 236 cm³/mol. The Bertz CT molecular complexity index is 2330. The van der Waals surface area contributed by atoms with Crippen molar-refractivity contribution in [1.29, 1.82) is 0 Å². The minimum absolute atomic E-state index is 0.0199. The number of carbonyl (C=O) groups excluding carboxylic acids is 2. The van der Waals surface area contributed by atoms with Crippen LogP contribution in [0.5, 0.6) is 5.75 Å². The first kappa shape index (κ1) is 41.9. The number of likely N-dealkylation sites (tertiary alicyclic amines) is 1. The molecule has 2 aliphatic heterocycles. The minimum Gasteiger partial charge on any atom is -0.506 e. The van der Waals surface area contributed by atoms with Crippen LogP contribution in [-0.2, 0) is 22.1 Å². The number of aromatic nitrogens is 1. The lowest BCUT2D eigenvalue weighted by Gasteiger charge is -2.39. The van der Waals surface area contributed by atoms with Gasteiger partial charge in [-0.2, -0.15) is 0 Å². The third-order valence-corrected chi connectivity index (χ3v) is 16.7. The van der Waals surface area contributed by atoms with E-state index in [4.69, 9.17) is 9.16 Å². The average Bonchev–Trinajstić information content (AvgIpc) is 3.21. The Morgan fingerprint density at radius 3 is 2.41 bits per heavy atom. The van der Waals surface area contributed by atoms with Gasteiger partial charge in [0, 0.05) is 68.4 Å². The Kier molecular flexibility index (Phi) is 12.7. The number of amides is 2. The fraction of sp³-hybridized carbons (Fsp3) is 0.383. The number of fused-ring (bicyclic) bond motifs is 2. The Balaban J connectivity index is 0.899. The SMILES string of the molecule is CC(C)(C)[Si](C)(C)O[C@@H](CNCc1ccc2c(c1)CCN(CCN1CCC(OC(=O)Nc3ccccc3-c3ccccc3)CC1)C2=O)c1ccc(O)c2[nH]c(=O)ccc12. The van der Waals surface area contributed by atoms with Crippen molar-refractivity contribution in [3.63, 3.8) is 0 Å². The first-order chi connectivity index (χ1) is 28.3. The molecule has 59 heavy (non-hydrogen) atoms. The van der Waals surface area contributed by atoms with Gasteiger partial charge < -0.3 is 34.4 Å². The number of aromatic amines is 1. The normalized spacial score (nSPS) is 15.9. The Hall–Kier alpha value is -5.27. The third-order valence-electron chi connectivity index (χ3n) is 12.2. The summed E-state index contributed by atoms with van der Waals surface area (Å²) in [5.74, 6) is 0.0922. The molecule has 1 atom stereocenters. The number of pyridine rings is 1. The van der Waals surface area contributed by atoms with Gasteiger partial charge in [-0.05, 0) is 83.9 Å². The molecule has 5 aromatic rings. The lowest BCUT2D eigenvalue weighted by molar-refractivity contribution is 0.0517. The highest BCUT2D eigenvalue weighted by Gasteiger charge is 2.40. The van der Waals surface area contributed by atoms with Gasteiger partial charge in [0.05, 0.1) is 17.3 Å². The van der Waals surface area contributed by atoms with Crippen LogP contribution in [0.15, 0.2) is 102 Å². The van der Waals surface area contributed by atoms with Gasteiger partial charge in [-0.25, -0.2) is 4.79 Å². The first-order valence-electron chi connectivity index (χ1n) is 20.7. The van der Waals surface area contributed by atoms with Gasteiger partial charge >= 0.3 is 6.09 Å². The van der Waals surface area contributed by atoms with E-state index < -0.39 is 14.4 Å². The van der Waals surface area contributed by atoms with Crippen LogP contribution in [-0.4, -0.2) is 85.6 Å². The summed E-state index contributed by atoms with van der Waals surface area (Å²) in [7, 11) is -2.22. The summed E-state index contributed by atoms with van der Waals surface area (Å²) in [5, 5.41) is 17.8. The Morgan fingerprint density at radius 2 is 1.64 bits per heavy atom. The number of nitrogens with one attached hydrogen (secondary N) is 3. The van der Waals surface area contributed by atoms with Crippen molar-refractivity contribution in [1.82, 2.24) is 20.1 Å². The molecule has 7 rings (SSSR count). The van der Waals surface area contributed by atoms with Gasteiger partial charge in [0.2, 0.25) is 5.56 Å². The van der Waals surface area contributed by atoms with E-state index in [9.17, 15) is 19.5 Å². The molecule has 2 aliphatic rings. The molecule has 1 aromatic heterocycles. The van der Waals surface area contributed by atoms with E-state index in [2.05, 4.69) is 60.4 Å². The second-order valence-corrected chi connectivity index (χ2v) is 22.1. The van der Waals surface area contributed by atoms with Crippen molar-refractivity contribution in [3.05, 3.63) is 130 Å². The largest absolute Gasteiger partial charge is 0.506 e. The number of carbonyl (C=O) groups is 2. The van der Waals surface area contributed by atoms with Crippen LogP contribution in [0.1, 0.15) is 66.8 Å². The van der Waals surface area contributed by atoms with Crippen LogP contribution in [0.25, 0.3) is 22.0 Å². The molecule has 0 radical (unpaired) electrons. The highest BCUT2D eigenvalue weighted by molar-refractivity contribution is 6.74. The number of hydrogen-bond donors (Lipinski definition) is 4. The quantitative estimate of drug-likeness (QED) is 0.0870. The fourth-order valence-corrected chi connectivity index (χ4v) is 9.09. The molecule has 2 amide bonds. The highest BCUT2D eigenvalue weighted by Crippen LogP contribution is 2.41. The van der Waals surface area contributed by atoms with Crippen LogP contribution >= 0.6 is 0 Å². The van der Waals surface area contributed by atoms with Crippen molar-refractivity contribution in [2.45, 2.75) is 76.9 Å². The summed E-state index contributed by atoms with van der Waals surface area (Å²) < 4.78 is 12.8. The number of rotatable bonds is 13. The molecule has 0 aliphatic carbocycles. The van der Waals surface area contributed by atoms with Crippen molar-refractivity contribution < 1.29 is 23.9 Å². The van der Waals surface area contributed by atoms with Crippen molar-refractivity contribution in [2.75, 3.05) is 44.6 Å². The number of H-pyrrole nitrogens is 1. The molecule has 0 spiro atoms. The zero-order chi connectivity index (χ0) is 41.7. The summed E-state index contributed by atoms with van der Waals surface area (Å²) in [5.41, 5.74) is 6.66. The summed E-state index contributed by atoms with van der Waals surface area (Å²) in [4.78, 5) is 45.7. The highest BCUT2D eigenvalue weighted by atomic mass is 28.4. The van der Waals surface area contributed by atoms with Gasteiger partial charge in [0.1, 0.15) is 11.9 Å². The molecular formula is C47H57N5O6Si. The van der Waals surface area contributed by atoms with Gasteiger partial charge in [-0.15, -0.1) is 0 Å². The number of benzene rings is 4. The van der Waals surface area contributed by atoms with E-state index >= 15 is 0 Å². The molecule has 12 heteroatoms. The number of nitrogens with zero attached hydrogens (tertiary/aromatic N) is 2. The molecule has 4 aromatic carbocycles.